The molecule has 0 atom stereocenters. The van der Waals surface area contributed by atoms with Crippen molar-refractivity contribution in [3.05, 3.63) is 17.1 Å². The van der Waals surface area contributed by atoms with Crippen LogP contribution in [0, 0.1) is 6.92 Å². The van der Waals surface area contributed by atoms with Crippen LogP contribution in [0.2, 0.25) is 0 Å². The molecule has 0 unspecified atom stereocenters. The minimum atomic E-state index is 0.737. The minimum absolute atomic E-state index is 0.737. The Morgan fingerprint density at radius 3 is 2.64 bits per heavy atom. The van der Waals surface area contributed by atoms with Crippen LogP contribution >= 0.6 is 11.8 Å². The minimum Gasteiger partial charge on any atom is -0.308 e. The fourth-order valence-corrected chi connectivity index (χ4v) is 1.68. The fraction of sp³-hybridized carbons (Fsp3) is 0.556. The van der Waals surface area contributed by atoms with Crippen LogP contribution in [-0.2, 0) is 12.2 Å². The van der Waals surface area contributed by atoms with Crippen molar-refractivity contribution in [1.29, 1.82) is 0 Å². The summed E-state index contributed by atoms with van der Waals surface area (Å²) < 4.78 is 0. The van der Waals surface area contributed by atoms with Crippen LogP contribution in [-0.4, -0.2) is 16.2 Å². The topological polar surface area (TPSA) is 63.8 Å². The number of aromatic nitrogens is 2. The van der Waals surface area contributed by atoms with Crippen molar-refractivity contribution in [3.63, 3.8) is 0 Å². The molecule has 0 aliphatic heterocycles. The summed E-state index contributed by atoms with van der Waals surface area (Å²) in [6.07, 6.45) is 2.94. The molecule has 0 fully saturated rings. The average molecular weight is 212 g/mol. The molecule has 0 radical (unpaired) electrons. The van der Waals surface area contributed by atoms with E-state index in [2.05, 4.69) is 22.3 Å². The highest BCUT2D eigenvalue weighted by Crippen LogP contribution is 2.16. The molecule has 0 spiro atoms. The van der Waals surface area contributed by atoms with Crippen LogP contribution in [0.15, 0.2) is 0 Å². The van der Waals surface area contributed by atoms with Crippen molar-refractivity contribution < 1.29 is 0 Å². The molecular formula is C9H16N4S. The molecule has 78 valence electrons. The molecular weight excluding hydrogens is 196 g/mol. The van der Waals surface area contributed by atoms with E-state index in [1.54, 1.807) is 11.8 Å². The smallest absolute Gasteiger partial charge is 0.146 e. The van der Waals surface area contributed by atoms with Crippen molar-refractivity contribution in [2.75, 3.05) is 11.7 Å². The van der Waals surface area contributed by atoms with Gasteiger partial charge in [0.15, 0.2) is 0 Å². The van der Waals surface area contributed by atoms with Gasteiger partial charge in [0.1, 0.15) is 11.6 Å². The number of aryl methyl sites for hydroxylation is 1. The van der Waals surface area contributed by atoms with Crippen LogP contribution in [0.4, 0.5) is 5.82 Å². The van der Waals surface area contributed by atoms with Crippen molar-refractivity contribution in [3.8, 4) is 0 Å². The van der Waals surface area contributed by atoms with E-state index >= 15 is 0 Å². The fourth-order valence-electron chi connectivity index (χ4n) is 1.29. The van der Waals surface area contributed by atoms with Gasteiger partial charge in [-0.25, -0.2) is 15.8 Å². The van der Waals surface area contributed by atoms with Gasteiger partial charge in [0.2, 0.25) is 0 Å². The van der Waals surface area contributed by atoms with E-state index in [1.807, 2.05) is 13.2 Å². The van der Waals surface area contributed by atoms with E-state index in [0.717, 1.165) is 35.1 Å². The van der Waals surface area contributed by atoms with Gasteiger partial charge in [0.25, 0.3) is 0 Å². The number of hydrogen-bond acceptors (Lipinski definition) is 5. The van der Waals surface area contributed by atoms with E-state index in [-0.39, 0.29) is 0 Å². The SMILES string of the molecule is CCc1nc(CSC)nc(NN)c1C. The Kier molecular flexibility index (Phi) is 4.16. The lowest BCUT2D eigenvalue weighted by Crippen LogP contribution is -2.14. The summed E-state index contributed by atoms with van der Waals surface area (Å²) in [7, 11) is 0. The molecule has 0 aliphatic carbocycles. The first-order chi connectivity index (χ1) is 6.72. The molecule has 0 saturated heterocycles. The van der Waals surface area contributed by atoms with Gasteiger partial charge in [-0.05, 0) is 19.6 Å². The quantitative estimate of drug-likeness (QED) is 0.585. The van der Waals surface area contributed by atoms with Crippen molar-refractivity contribution in [2.45, 2.75) is 26.0 Å². The zero-order valence-corrected chi connectivity index (χ0v) is 9.61. The van der Waals surface area contributed by atoms with Crippen molar-refractivity contribution in [2.24, 2.45) is 5.84 Å². The summed E-state index contributed by atoms with van der Waals surface area (Å²) in [6.45, 7) is 4.06. The second-order valence-electron chi connectivity index (χ2n) is 2.99. The Labute approximate surface area is 88.7 Å². The summed E-state index contributed by atoms with van der Waals surface area (Å²) in [5.74, 6) is 7.79. The summed E-state index contributed by atoms with van der Waals surface area (Å²) in [6, 6.07) is 0. The van der Waals surface area contributed by atoms with Gasteiger partial charge in [-0.15, -0.1) is 0 Å². The molecule has 1 aromatic rings. The van der Waals surface area contributed by atoms with Crippen LogP contribution in [0.25, 0.3) is 0 Å². The Balaban J connectivity index is 3.11. The third kappa shape index (κ3) is 2.36. The van der Waals surface area contributed by atoms with Crippen LogP contribution < -0.4 is 11.3 Å². The Hall–Kier alpha value is -0.810. The van der Waals surface area contributed by atoms with Gasteiger partial charge >= 0.3 is 0 Å². The standard InChI is InChI=1S/C9H16N4S/c1-4-7-6(2)9(13-10)12-8(11-7)5-14-3/h4-5,10H2,1-3H3,(H,11,12,13). The highest BCUT2D eigenvalue weighted by Gasteiger charge is 2.07. The number of hydrazine groups is 1. The molecule has 1 rings (SSSR count). The van der Waals surface area contributed by atoms with Gasteiger partial charge in [0, 0.05) is 11.3 Å². The maximum absolute atomic E-state index is 5.39. The number of nitrogens with two attached hydrogens (primary N) is 1. The predicted molar refractivity (Wildman–Crippen MR) is 61.2 cm³/mol. The van der Waals surface area contributed by atoms with E-state index in [4.69, 9.17) is 5.84 Å². The number of nitrogens with one attached hydrogen (secondary N) is 1. The monoisotopic (exact) mass is 212 g/mol. The van der Waals surface area contributed by atoms with E-state index in [9.17, 15) is 0 Å². The number of nitrogen functional groups attached to an aromatic ring is 1. The van der Waals surface area contributed by atoms with Crippen molar-refractivity contribution in [1.82, 2.24) is 9.97 Å². The van der Waals surface area contributed by atoms with E-state index in [1.165, 1.54) is 0 Å². The number of rotatable bonds is 4. The van der Waals surface area contributed by atoms with E-state index < -0.39 is 0 Å². The van der Waals surface area contributed by atoms with E-state index in [0.29, 0.717) is 0 Å². The highest BCUT2D eigenvalue weighted by atomic mass is 32.2. The molecule has 1 aromatic heterocycles. The van der Waals surface area contributed by atoms with Gasteiger partial charge in [-0.3, -0.25) is 0 Å². The Morgan fingerprint density at radius 2 is 2.14 bits per heavy atom. The molecule has 0 bridgehead atoms. The van der Waals surface area contributed by atoms with Crippen molar-refractivity contribution >= 4 is 17.6 Å². The molecule has 0 saturated carbocycles. The molecule has 14 heavy (non-hydrogen) atoms. The zero-order chi connectivity index (χ0) is 10.6. The molecule has 5 heteroatoms. The normalized spacial score (nSPS) is 10.3. The second kappa shape index (κ2) is 5.17. The summed E-state index contributed by atoms with van der Waals surface area (Å²) >= 11 is 1.71. The summed E-state index contributed by atoms with van der Waals surface area (Å²) in [5, 5.41) is 0. The molecule has 1 heterocycles. The van der Waals surface area contributed by atoms with Gasteiger partial charge in [-0.1, -0.05) is 6.92 Å². The maximum Gasteiger partial charge on any atom is 0.146 e. The summed E-state index contributed by atoms with van der Waals surface area (Å²) in [5.41, 5.74) is 4.72. The van der Waals surface area contributed by atoms with Crippen LogP contribution in [0.3, 0.4) is 0 Å². The first-order valence-corrected chi connectivity index (χ1v) is 5.94. The number of hydrogen-bond donors (Lipinski definition) is 2. The van der Waals surface area contributed by atoms with Gasteiger partial charge in [0.05, 0.1) is 5.75 Å². The number of nitrogens with zero attached hydrogens (tertiary/aromatic N) is 2. The maximum atomic E-state index is 5.39. The Morgan fingerprint density at radius 1 is 1.43 bits per heavy atom. The summed E-state index contributed by atoms with van der Waals surface area (Å²) in [4.78, 5) is 8.78. The molecule has 0 aromatic carbocycles. The third-order valence-corrected chi connectivity index (χ3v) is 2.58. The first-order valence-electron chi connectivity index (χ1n) is 4.54. The lowest BCUT2D eigenvalue weighted by Gasteiger charge is -2.10. The lowest BCUT2D eigenvalue weighted by molar-refractivity contribution is 0.917. The highest BCUT2D eigenvalue weighted by molar-refractivity contribution is 7.97. The van der Waals surface area contributed by atoms with Gasteiger partial charge in [-0.2, -0.15) is 11.8 Å². The second-order valence-corrected chi connectivity index (χ2v) is 3.86. The predicted octanol–water partition coefficient (Wildman–Crippen LogP) is 1.50. The average Bonchev–Trinajstić information content (AvgIpc) is 2.20. The molecule has 0 amide bonds. The lowest BCUT2D eigenvalue weighted by atomic mass is 10.2. The zero-order valence-electron chi connectivity index (χ0n) is 8.79. The van der Waals surface area contributed by atoms with Gasteiger partial charge < -0.3 is 5.43 Å². The number of thioether (sulfide) groups is 1. The first kappa shape index (κ1) is 11.3. The van der Waals surface area contributed by atoms with Crippen LogP contribution in [0.1, 0.15) is 24.0 Å². The largest absolute Gasteiger partial charge is 0.308 e. The molecule has 4 nitrogen and oxygen atoms in total. The Bertz CT molecular complexity index is 289. The number of anilines is 1. The molecule has 3 N–H and O–H groups in total. The molecule has 0 aliphatic rings. The van der Waals surface area contributed by atoms with Crippen LogP contribution in [0.5, 0.6) is 0 Å². The third-order valence-electron chi connectivity index (χ3n) is 2.04.